The number of benzene rings is 1. The molecular weight excluding hydrogens is 386 g/mol. The molecule has 1 aromatic carbocycles. The number of amidine groups is 2. The van der Waals surface area contributed by atoms with Crippen LogP contribution in [0.5, 0.6) is 0 Å². The van der Waals surface area contributed by atoms with E-state index in [1.165, 1.54) is 23.1 Å². The third kappa shape index (κ3) is 4.20. The molecule has 0 spiro atoms. The van der Waals surface area contributed by atoms with Crippen molar-refractivity contribution in [2.24, 2.45) is 9.98 Å². The van der Waals surface area contributed by atoms with E-state index in [1.54, 1.807) is 0 Å². The molecule has 1 aliphatic carbocycles. The molecule has 1 fully saturated rings. The second kappa shape index (κ2) is 8.78. The molecule has 0 unspecified atom stereocenters. The van der Waals surface area contributed by atoms with Gasteiger partial charge in [0.15, 0.2) is 5.17 Å². The summed E-state index contributed by atoms with van der Waals surface area (Å²) < 4.78 is 0. The Morgan fingerprint density at radius 1 is 1.28 bits per heavy atom. The minimum Gasteiger partial charge on any atom is -0.353 e. The quantitative estimate of drug-likeness (QED) is 0.808. The van der Waals surface area contributed by atoms with Crippen molar-refractivity contribution >= 4 is 40.3 Å². The molecule has 7 nitrogen and oxygen atoms in total. The summed E-state index contributed by atoms with van der Waals surface area (Å²) in [5.74, 6) is 0.581. The number of rotatable bonds is 5. The standard InChI is InChI=1S/C21H23N5O2S/c22-12-13-29-21-25-16-9-5-4-8-15(16)19-24-17(20(28)26(19)21)10-11-18(27)23-14-6-2-1-3-7-14/h4-5,8-9,14,17H,1-3,6-7,10-11,13H2,(H,23,27)/t17-/m0/s1. The predicted octanol–water partition coefficient (Wildman–Crippen LogP) is 3.13. The zero-order valence-electron chi connectivity index (χ0n) is 16.1. The van der Waals surface area contributed by atoms with E-state index in [9.17, 15) is 9.59 Å². The summed E-state index contributed by atoms with van der Waals surface area (Å²) in [5, 5.41) is 12.5. The van der Waals surface area contributed by atoms with Gasteiger partial charge in [0.1, 0.15) is 11.9 Å². The maximum absolute atomic E-state index is 13.0. The Bertz CT molecular complexity index is 914. The van der Waals surface area contributed by atoms with E-state index < -0.39 is 6.04 Å². The van der Waals surface area contributed by atoms with Crippen LogP contribution in [-0.2, 0) is 9.59 Å². The molecule has 3 aliphatic rings. The van der Waals surface area contributed by atoms with Crippen molar-refractivity contribution < 1.29 is 9.59 Å². The van der Waals surface area contributed by atoms with E-state index in [1.807, 2.05) is 24.3 Å². The number of hydrogen-bond donors (Lipinski definition) is 1. The molecule has 1 aromatic rings. The van der Waals surface area contributed by atoms with Crippen molar-refractivity contribution in [1.29, 1.82) is 5.26 Å². The van der Waals surface area contributed by atoms with Gasteiger partial charge in [-0.15, -0.1) is 0 Å². The zero-order valence-corrected chi connectivity index (χ0v) is 17.0. The normalized spacial score (nSPS) is 21.0. The number of nitriles is 1. The van der Waals surface area contributed by atoms with Gasteiger partial charge in [-0.05, 0) is 31.4 Å². The number of thioether (sulfide) groups is 1. The lowest BCUT2D eigenvalue weighted by molar-refractivity contribution is -0.125. The first-order valence-corrected chi connectivity index (χ1v) is 11.0. The van der Waals surface area contributed by atoms with Crippen LogP contribution in [0, 0.1) is 11.3 Å². The van der Waals surface area contributed by atoms with Crippen LogP contribution in [0.2, 0.25) is 0 Å². The number of carbonyl (C=O) groups is 2. The van der Waals surface area contributed by atoms with Crippen LogP contribution in [0.3, 0.4) is 0 Å². The van der Waals surface area contributed by atoms with Gasteiger partial charge >= 0.3 is 0 Å². The minimum absolute atomic E-state index is 0.0112. The molecule has 1 saturated carbocycles. The average Bonchev–Trinajstić information content (AvgIpc) is 3.08. The van der Waals surface area contributed by atoms with Gasteiger partial charge in [0, 0.05) is 18.0 Å². The Balaban J connectivity index is 1.46. The SMILES string of the molecule is N#CCSC1=Nc2ccccc2C2=N[C@@H](CCC(=O)NC3CCCCC3)C(=O)N12. The van der Waals surface area contributed by atoms with Gasteiger partial charge in [0.05, 0.1) is 17.5 Å². The Kier molecular flexibility index (Phi) is 5.95. The van der Waals surface area contributed by atoms with Crippen molar-refractivity contribution in [2.75, 3.05) is 5.75 Å². The zero-order chi connectivity index (χ0) is 20.2. The highest BCUT2D eigenvalue weighted by atomic mass is 32.2. The van der Waals surface area contributed by atoms with Crippen LogP contribution >= 0.6 is 11.8 Å². The molecule has 150 valence electrons. The highest BCUT2D eigenvalue weighted by Crippen LogP contribution is 2.34. The molecule has 2 amide bonds. The van der Waals surface area contributed by atoms with E-state index in [0.717, 1.165) is 36.9 Å². The van der Waals surface area contributed by atoms with Gasteiger partial charge in [0.2, 0.25) is 5.91 Å². The third-order valence-corrected chi connectivity index (χ3v) is 6.23. The fourth-order valence-corrected chi connectivity index (χ4v) is 4.66. The van der Waals surface area contributed by atoms with Crippen LogP contribution in [-0.4, -0.2) is 45.6 Å². The van der Waals surface area contributed by atoms with Gasteiger partial charge in [-0.25, -0.2) is 9.89 Å². The average molecular weight is 410 g/mol. The van der Waals surface area contributed by atoms with Crippen LogP contribution in [0.1, 0.15) is 50.5 Å². The van der Waals surface area contributed by atoms with Gasteiger partial charge < -0.3 is 5.32 Å². The molecular formula is C21H23N5O2S. The fraction of sp³-hybridized carbons (Fsp3) is 0.476. The molecule has 1 N–H and O–H groups in total. The maximum Gasteiger partial charge on any atom is 0.259 e. The summed E-state index contributed by atoms with van der Waals surface area (Å²) in [6.45, 7) is 0. The Morgan fingerprint density at radius 2 is 2.07 bits per heavy atom. The Labute approximate surface area is 174 Å². The van der Waals surface area contributed by atoms with Crippen LogP contribution < -0.4 is 5.32 Å². The number of carbonyl (C=O) groups excluding carboxylic acids is 2. The molecule has 0 saturated heterocycles. The van der Waals surface area contributed by atoms with E-state index in [2.05, 4.69) is 21.4 Å². The monoisotopic (exact) mass is 409 g/mol. The van der Waals surface area contributed by atoms with Crippen LogP contribution in [0.25, 0.3) is 0 Å². The number of fused-ring (bicyclic) bond motifs is 3. The summed E-state index contributed by atoms with van der Waals surface area (Å²) >= 11 is 1.22. The Morgan fingerprint density at radius 3 is 2.86 bits per heavy atom. The highest BCUT2D eigenvalue weighted by Gasteiger charge is 2.41. The first kappa shape index (κ1) is 19.6. The van der Waals surface area contributed by atoms with Gasteiger partial charge in [-0.2, -0.15) is 5.26 Å². The molecule has 0 radical (unpaired) electrons. The van der Waals surface area contributed by atoms with Crippen molar-refractivity contribution in [3.05, 3.63) is 29.8 Å². The minimum atomic E-state index is -0.596. The number of amides is 2. The molecule has 4 rings (SSSR count). The second-order valence-electron chi connectivity index (χ2n) is 7.44. The molecule has 0 aromatic heterocycles. The summed E-state index contributed by atoms with van der Waals surface area (Å²) in [6.07, 6.45) is 6.29. The number of nitrogens with one attached hydrogen (secondary N) is 1. The molecule has 2 aliphatic heterocycles. The fourth-order valence-electron chi connectivity index (χ4n) is 4.00. The van der Waals surface area contributed by atoms with Crippen molar-refractivity contribution in [3.8, 4) is 6.07 Å². The number of aliphatic imine (C=N–C) groups is 2. The van der Waals surface area contributed by atoms with Crippen molar-refractivity contribution in [1.82, 2.24) is 10.2 Å². The van der Waals surface area contributed by atoms with Crippen molar-refractivity contribution in [2.45, 2.75) is 57.0 Å². The smallest absolute Gasteiger partial charge is 0.259 e. The van der Waals surface area contributed by atoms with E-state index in [4.69, 9.17) is 5.26 Å². The summed E-state index contributed by atoms with van der Waals surface area (Å²) in [7, 11) is 0. The topological polar surface area (TPSA) is 97.9 Å². The third-order valence-electron chi connectivity index (χ3n) is 5.43. The molecule has 0 bridgehead atoms. The lowest BCUT2D eigenvalue weighted by Gasteiger charge is -2.25. The van der Waals surface area contributed by atoms with Gasteiger partial charge in [0.25, 0.3) is 5.91 Å². The first-order chi connectivity index (χ1) is 14.2. The highest BCUT2D eigenvalue weighted by molar-refractivity contribution is 8.14. The second-order valence-corrected chi connectivity index (χ2v) is 8.38. The van der Waals surface area contributed by atoms with Gasteiger partial charge in [-0.1, -0.05) is 43.2 Å². The largest absolute Gasteiger partial charge is 0.353 e. The first-order valence-electron chi connectivity index (χ1n) is 10.1. The van der Waals surface area contributed by atoms with E-state index >= 15 is 0 Å². The van der Waals surface area contributed by atoms with Crippen LogP contribution in [0.4, 0.5) is 5.69 Å². The summed E-state index contributed by atoms with van der Waals surface area (Å²) in [4.78, 5) is 36.1. The summed E-state index contributed by atoms with van der Waals surface area (Å²) in [6, 6.07) is 9.28. The molecule has 8 heteroatoms. The van der Waals surface area contributed by atoms with Gasteiger partial charge in [-0.3, -0.25) is 14.6 Å². The molecule has 2 heterocycles. The van der Waals surface area contributed by atoms with Crippen molar-refractivity contribution in [3.63, 3.8) is 0 Å². The number of nitrogens with zero attached hydrogens (tertiary/aromatic N) is 4. The lowest BCUT2D eigenvalue weighted by Crippen LogP contribution is -2.41. The lowest BCUT2D eigenvalue weighted by atomic mass is 9.95. The molecule has 1 atom stereocenters. The number of hydrogen-bond acceptors (Lipinski definition) is 6. The summed E-state index contributed by atoms with van der Waals surface area (Å²) in [5.41, 5.74) is 1.54. The predicted molar refractivity (Wildman–Crippen MR) is 113 cm³/mol. The van der Waals surface area contributed by atoms with E-state index in [-0.39, 0.29) is 30.0 Å². The van der Waals surface area contributed by atoms with E-state index in [0.29, 0.717) is 17.4 Å². The number of para-hydroxylation sites is 1. The Hall–Kier alpha value is -2.66. The maximum atomic E-state index is 13.0. The van der Waals surface area contributed by atoms with Crippen LogP contribution in [0.15, 0.2) is 34.3 Å². The molecule has 29 heavy (non-hydrogen) atoms.